The van der Waals surface area contributed by atoms with Crippen LogP contribution in [0.15, 0.2) is 29.2 Å². The molecule has 0 radical (unpaired) electrons. The van der Waals surface area contributed by atoms with Crippen LogP contribution in [0.4, 0.5) is 0 Å². The number of benzene rings is 1. The minimum Gasteiger partial charge on any atom is -0.396 e. The Hall–Kier alpha value is -0.910. The van der Waals surface area contributed by atoms with Gasteiger partial charge in [-0.25, -0.2) is 8.42 Å². The first-order chi connectivity index (χ1) is 9.95. The van der Waals surface area contributed by atoms with Crippen molar-refractivity contribution in [2.24, 2.45) is 5.92 Å². The summed E-state index contributed by atoms with van der Waals surface area (Å²) in [6.07, 6.45) is 2.55. The molecule has 1 N–H and O–H groups in total. The van der Waals surface area contributed by atoms with Gasteiger partial charge < -0.3 is 5.11 Å². The summed E-state index contributed by atoms with van der Waals surface area (Å²) in [5.41, 5.74) is 1.14. The van der Waals surface area contributed by atoms with Crippen LogP contribution in [-0.4, -0.2) is 37.5 Å². The van der Waals surface area contributed by atoms with E-state index < -0.39 is 10.0 Å². The lowest BCUT2D eigenvalue weighted by atomic mass is 9.97. The highest BCUT2D eigenvalue weighted by Crippen LogP contribution is 2.26. The Balaban J connectivity index is 2.17. The monoisotopic (exact) mass is 311 g/mol. The van der Waals surface area contributed by atoms with Gasteiger partial charge in [-0.2, -0.15) is 4.31 Å². The van der Waals surface area contributed by atoms with Crippen molar-refractivity contribution >= 4 is 10.0 Å². The summed E-state index contributed by atoms with van der Waals surface area (Å²) < 4.78 is 26.9. The first-order valence-corrected chi connectivity index (χ1v) is 9.10. The van der Waals surface area contributed by atoms with Crippen LogP contribution in [-0.2, 0) is 10.0 Å². The molecule has 0 amide bonds. The van der Waals surface area contributed by atoms with Crippen molar-refractivity contribution in [1.82, 2.24) is 4.31 Å². The quantitative estimate of drug-likeness (QED) is 0.909. The second kappa shape index (κ2) is 6.90. The third-order valence-electron chi connectivity index (χ3n) is 4.20. The molecule has 1 unspecified atom stereocenters. The Morgan fingerprint density at radius 3 is 2.52 bits per heavy atom. The summed E-state index contributed by atoms with van der Waals surface area (Å²) in [5, 5.41) is 9.04. The highest BCUT2D eigenvalue weighted by atomic mass is 32.2. The lowest BCUT2D eigenvalue weighted by Gasteiger charge is -2.31. The molecule has 0 bridgehead atoms. The standard InChI is InChI=1S/C16H25NO3S/c1-13(2)15-5-7-16(8-6-15)21(19,20)17-10-3-4-14(12-17)9-11-18/h5-8,13-14,18H,3-4,9-12H2,1-2H3. The molecule has 1 aromatic carbocycles. The molecule has 0 aromatic heterocycles. The van der Waals surface area contributed by atoms with Gasteiger partial charge in [0.15, 0.2) is 0 Å². The molecule has 1 saturated heterocycles. The van der Waals surface area contributed by atoms with E-state index in [1.165, 1.54) is 0 Å². The van der Waals surface area contributed by atoms with Crippen LogP contribution in [0.2, 0.25) is 0 Å². The molecule has 1 fully saturated rings. The second-order valence-electron chi connectivity index (χ2n) is 6.11. The van der Waals surface area contributed by atoms with Crippen molar-refractivity contribution in [2.75, 3.05) is 19.7 Å². The highest BCUT2D eigenvalue weighted by Gasteiger charge is 2.29. The van der Waals surface area contributed by atoms with Gasteiger partial charge in [0.25, 0.3) is 0 Å². The maximum Gasteiger partial charge on any atom is 0.243 e. The third kappa shape index (κ3) is 3.84. The third-order valence-corrected chi connectivity index (χ3v) is 6.08. The van der Waals surface area contributed by atoms with Crippen LogP contribution in [0.5, 0.6) is 0 Å². The number of sulfonamides is 1. The molecule has 0 saturated carbocycles. The molecule has 118 valence electrons. The zero-order chi connectivity index (χ0) is 15.5. The van der Waals surface area contributed by atoms with E-state index in [4.69, 9.17) is 5.11 Å². The number of piperidine rings is 1. The fourth-order valence-corrected chi connectivity index (χ4v) is 4.39. The van der Waals surface area contributed by atoms with Gasteiger partial charge >= 0.3 is 0 Å². The molecule has 0 aliphatic carbocycles. The van der Waals surface area contributed by atoms with E-state index in [9.17, 15) is 8.42 Å². The molecular formula is C16H25NO3S. The number of aliphatic hydroxyl groups is 1. The van der Waals surface area contributed by atoms with Crippen molar-refractivity contribution in [3.05, 3.63) is 29.8 Å². The van der Waals surface area contributed by atoms with E-state index in [2.05, 4.69) is 13.8 Å². The van der Waals surface area contributed by atoms with Crippen LogP contribution in [0.3, 0.4) is 0 Å². The summed E-state index contributed by atoms with van der Waals surface area (Å²) in [6, 6.07) is 7.21. The Kier molecular flexibility index (Phi) is 5.41. The van der Waals surface area contributed by atoms with Crippen LogP contribution >= 0.6 is 0 Å². The van der Waals surface area contributed by atoms with Crippen molar-refractivity contribution in [2.45, 2.75) is 43.9 Å². The van der Waals surface area contributed by atoms with Crippen molar-refractivity contribution in [3.8, 4) is 0 Å². The van der Waals surface area contributed by atoms with Gasteiger partial charge in [0.05, 0.1) is 4.90 Å². The largest absolute Gasteiger partial charge is 0.396 e. The summed E-state index contributed by atoms with van der Waals surface area (Å²) in [5.74, 6) is 0.666. The normalized spacial score (nSPS) is 20.9. The lowest BCUT2D eigenvalue weighted by molar-refractivity contribution is 0.203. The van der Waals surface area contributed by atoms with Gasteiger partial charge in [-0.15, -0.1) is 0 Å². The van der Waals surface area contributed by atoms with E-state index in [0.29, 0.717) is 30.3 Å². The van der Waals surface area contributed by atoms with Crippen molar-refractivity contribution < 1.29 is 13.5 Å². The topological polar surface area (TPSA) is 57.6 Å². The predicted molar refractivity (Wildman–Crippen MR) is 83.7 cm³/mol. The summed E-state index contributed by atoms with van der Waals surface area (Å²) >= 11 is 0. The Morgan fingerprint density at radius 2 is 1.95 bits per heavy atom. The number of rotatable bonds is 5. The van der Waals surface area contributed by atoms with Gasteiger partial charge in [0.1, 0.15) is 0 Å². The van der Waals surface area contributed by atoms with Gasteiger partial charge in [0, 0.05) is 19.7 Å². The van der Waals surface area contributed by atoms with Crippen LogP contribution in [0, 0.1) is 5.92 Å². The van der Waals surface area contributed by atoms with Gasteiger partial charge in [0.2, 0.25) is 10.0 Å². The number of hydrogen-bond donors (Lipinski definition) is 1. The molecule has 2 rings (SSSR count). The average molecular weight is 311 g/mol. The molecule has 0 spiro atoms. The molecule has 1 heterocycles. The van der Waals surface area contributed by atoms with E-state index >= 15 is 0 Å². The lowest BCUT2D eigenvalue weighted by Crippen LogP contribution is -2.40. The first-order valence-electron chi connectivity index (χ1n) is 7.66. The van der Waals surface area contributed by atoms with Gasteiger partial charge in [-0.3, -0.25) is 0 Å². The van der Waals surface area contributed by atoms with Crippen molar-refractivity contribution in [1.29, 1.82) is 0 Å². The van der Waals surface area contributed by atoms with Crippen molar-refractivity contribution in [3.63, 3.8) is 0 Å². The SMILES string of the molecule is CC(C)c1ccc(S(=O)(=O)N2CCCC(CCO)C2)cc1. The van der Waals surface area contributed by atoms with Gasteiger partial charge in [-0.05, 0) is 48.8 Å². The Morgan fingerprint density at radius 1 is 1.29 bits per heavy atom. The van der Waals surface area contributed by atoms with Gasteiger partial charge in [-0.1, -0.05) is 26.0 Å². The maximum absolute atomic E-state index is 12.7. The zero-order valence-corrected chi connectivity index (χ0v) is 13.6. The summed E-state index contributed by atoms with van der Waals surface area (Å²) in [4.78, 5) is 0.372. The smallest absolute Gasteiger partial charge is 0.243 e. The maximum atomic E-state index is 12.7. The average Bonchev–Trinajstić information content (AvgIpc) is 2.48. The van der Waals surface area contributed by atoms with Crippen LogP contribution in [0.1, 0.15) is 44.6 Å². The molecule has 1 aliphatic rings. The van der Waals surface area contributed by atoms with E-state index in [1.54, 1.807) is 16.4 Å². The zero-order valence-electron chi connectivity index (χ0n) is 12.8. The Bertz CT molecular complexity index is 549. The molecule has 5 heteroatoms. The molecule has 1 aromatic rings. The molecule has 21 heavy (non-hydrogen) atoms. The van der Waals surface area contributed by atoms with E-state index in [1.807, 2.05) is 12.1 Å². The highest BCUT2D eigenvalue weighted by molar-refractivity contribution is 7.89. The number of nitrogens with zero attached hydrogens (tertiary/aromatic N) is 1. The Labute approximate surface area is 127 Å². The number of aliphatic hydroxyl groups excluding tert-OH is 1. The minimum absolute atomic E-state index is 0.127. The first kappa shape index (κ1) is 16.5. The molecule has 1 aliphatic heterocycles. The minimum atomic E-state index is -3.40. The summed E-state index contributed by atoms with van der Waals surface area (Å²) in [7, 11) is -3.40. The second-order valence-corrected chi connectivity index (χ2v) is 8.05. The predicted octanol–water partition coefficient (Wildman–Crippen LogP) is 2.59. The molecular weight excluding hydrogens is 286 g/mol. The number of hydrogen-bond acceptors (Lipinski definition) is 3. The van der Waals surface area contributed by atoms with Crippen LogP contribution in [0.25, 0.3) is 0 Å². The fourth-order valence-electron chi connectivity index (χ4n) is 2.84. The molecule has 4 nitrogen and oxygen atoms in total. The molecule has 1 atom stereocenters. The van der Waals surface area contributed by atoms with E-state index in [-0.39, 0.29) is 12.5 Å². The van der Waals surface area contributed by atoms with Crippen LogP contribution < -0.4 is 0 Å². The fraction of sp³-hybridized carbons (Fsp3) is 0.625. The summed E-state index contributed by atoms with van der Waals surface area (Å²) in [6.45, 7) is 5.41. The van der Waals surface area contributed by atoms with E-state index in [0.717, 1.165) is 18.4 Å².